The lowest BCUT2D eigenvalue weighted by atomic mass is 9.76. The summed E-state index contributed by atoms with van der Waals surface area (Å²) in [4.78, 5) is 19.8. The summed E-state index contributed by atoms with van der Waals surface area (Å²) in [5, 5.41) is 13.3. The van der Waals surface area contributed by atoms with Crippen molar-refractivity contribution in [2.75, 3.05) is 0 Å². The van der Waals surface area contributed by atoms with Crippen LogP contribution in [0.1, 0.15) is 38.0 Å². The highest BCUT2D eigenvalue weighted by Crippen LogP contribution is 2.31. The Morgan fingerprint density at radius 1 is 1.48 bits per heavy atom. The van der Waals surface area contributed by atoms with E-state index in [9.17, 15) is 9.90 Å². The fraction of sp³-hybridized carbons (Fsp3) is 0.467. The molecule has 1 unspecified atom stereocenters. The molecule has 0 amide bonds. The third-order valence-corrected chi connectivity index (χ3v) is 3.88. The lowest BCUT2D eigenvalue weighted by Gasteiger charge is -2.27. The van der Waals surface area contributed by atoms with Crippen molar-refractivity contribution in [2.45, 2.75) is 33.6 Å². The first-order valence-electron chi connectivity index (χ1n) is 6.85. The van der Waals surface area contributed by atoms with Crippen molar-refractivity contribution in [3.63, 3.8) is 0 Å². The molecule has 6 heteroatoms. The normalized spacial score (nSPS) is 14.1. The minimum atomic E-state index is -0.919. The van der Waals surface area contributed by atoms with Crippen LogP contribution in [0.25, 0.3) is 0 Å². The number of carbonyl (C=O) groups is 1. The van der Waals surface area contributed by atoms with Gasteiger partial charge in [0, 0.05) is 25.2 Å². The predicted molar refractivity (Wildman–Crippen MR) is 75.6 cm³/mol. The van der Waals surface area contributed by atoms with Crippen LogP contribution >= 0.6 is 0 Å². The molecule has 0 fully saturated rings. The summed E-state index contributed by atoms with van der Waals surface area (Å²) in [6.45, 7) is 5.45. The van der Waals surface area contributed by atoms with Gasteiger partial charge in [-0.15, -0.1) is 0 Å². The van der Waals surface area contributed by atoms with E-state index in [4.69, 9.17) is 4.52 Å². The van der Waals surface area contributed by atoms with Gasteiger partial charge in [-0.05, 0) is 24.5 Å². The number of carboxylic acids is 1. The number of carboxylic acid groups (broad SMARTS) is 1. The molecule has 2 heterocycles. The molecule has 0 radical (unpaired) electrons. The molecule has 1 atom stereocenters. The fourth-order valence-corrected chi connectivity index (χ4v) is 1.96. The van der Waals surface area contributed by atoms with Crippen molar-refractivity contribution >= 4 is 5.97 Å². The van der Waals surface area contributed by atoms with Crippen LogP contribution in [0.3, 0.4) is 0 Å². The summed E-state index contributed by atoms with van der Waals surface area (Å²) in [7, 11) is 0. The van der Waals surface area contributed by atoms with Gasteiger partial charge in [0.05, 0.1) is 5.41 Å². The van der Waals surface area contributed by atoms with Gasteiger partial charge in [-0.2, -0.15) is 4.98 Å². The number of aliphatic carboxylic acids is 1. The molecule has 0 aliphatic rings. The highest BCUT2D eigenvalue weighted by Gasteiger charge is 2.38. The summed E-state index contributed by atoms with van der Waals surface area (Å²) in [5.74, 6) is -0.00447. The topological polar surface area (TPSA) is 89.1 Å². The van der Waals surface area contributed by atoms with E-state index in [0.717, 1.165) is 5.56 Å². The molecule has 1 N–H and O–H groups in total. The number of hydrogen-bond donors (Lipinski definition) is 1. The maximum Gasteiger partial charge on any atom is 0.310 e. The summed E-state index contributed by atoms with van der Waals surface area (Å²) in [5.41, 5.74) is 0.0627. The van der Waals surface area contributed by atoms with Gasteiger partial charge in [0.1, 0.15) is 0 Å². The minimum Gasteiger partial charge on any atom is -0.481 e. The van der Waals surface area contributed by atoms with E-state index in [1.807, 2.05) is 26.0 Å². The molecule has 6 nitrogen and oxygen atoms in total. The molecule has 0 aromatic carbocycles. The molecule has 21 heavy (non-hydrogen) atoms. The molecule has 0 bridgehead atoms. The van der Waals surface area contributed by atoms with Crippen molar-refractivity contribution < 1.29 is 14.4 Å². The van der Waals surface area contributed by atoms with Crippen molar-refractivity contribution in [2.24, 2.45) is 11.3 Å². The van der Waals surface area contributed by atoms with Gasteiger partial charge in [0.15, 0.2) is 5.82 Å². The van der Waals surface area contributed by atoms with Crippen molar-refractivity contribution in [3.05, 3.63) is 41.8 Å². The first kappa shape index (κ1) is 15.2. The van der Waals surface area contributed by atoms with E-state index in [2.05, 4.69) is 15.1 Å². The van der Waals surface area contributed by atoms with E-state index >= 15 is 0 Å². The molecule has 0 spiro atoms. The van der Waals surface area contributed by atoms with Crippen LogP contribution in [-0.2, 0) is 17.6 Å². The quantitative estimate of drug-likeness (QED) is 0.878. The maximum atomic E-state index is 11.5. The summed E-state index contributed by atoms with van der Waals surface area (Å²) in [6.07, 6.45) is 4.18. The molecule has 2 aromatic rings. The smallest absolute Gasteiger partial charge is 0.310 e. The van der Waals surface area contributed by atoms with E-state index in [-0.39, 0.29) is 12.3 Å². The average molecular weight is 289 g/mol. The van der Waals surface area contributed by atoms with Gasteiger partial charge in [0.25, 0.3) is 0 Å². The Balaban J connectivity index is 2.11. The molecule has 112 valence electrons. The average Bonchev–Trinajstić information content (AvgIpc) is 2.86. The van der Waals surface area contributed by atoms with Crippen LogP contribution in [0.4, 0.5) is 0 Å². The third-order valence-electron chi connectivity index (χ3n) is 3.88. The number of pyridine rings is 1. The van der Waals surface area contributed by atoms with Crippen LogP contribution in [0.5, 0.6) is 0 Å². The Labute approximate surface area is 123 Å². The van der Waals surface area contributed by atoms with Crippen molar-refractivity contribution in [1.82, 2.24) is 15.1 Å². The molecular formula is C15H19N3O3. The van der Waals surface area contributed by atoms with Gasteiger partial charge in [-0.1, -0.05) is 25.1 Å². The first-order valence-corrected chi connectivity index (χ1v) is 6.85. The Morgan fingerprint density at radius 2 is 2.24 bits per heavy atom. The van der Waals surface area contributed by atoms with E-state index < -0.39 is 11.4 Å². The second-order valence-corrected chi connectivity index (χ2v) is 5.70. The van der Waals surface area contributed by atoms with E-state index in [1.165, 1.54) is 0 Å². The molecule has 2 aromatic heterocycles. The SMILES string of the molecule is CC(C)C(C)(Cc1nc(Cc2cccnc2)no1)C(=O)O. The standard InChI is InChI=1S/C15H19N3O3/c1-10(2)15(3,14(19)20)8-13-17-12(18-21-13)7-11-5-4-6-16-9-11/h4-6,9-10H,7-8H2,1-3H3,(H,19,20). The van der Waals surface area contributed by atoms with Crippen LogP contribution in [-0.4, -0.2) is 26.2 Å². The van der Waals surface area contributed by atoms with Gasteiger partial charge >= 0.3 is 5.97 Å². The van der Waals surface area contributed by atoms with E-state index in [0.29, 0.717) is 18.1 Å². The number of hydrogen-bond acceptors (Lipinski definition) is 5. The number of nitrogens with zero attached hydrogens (tertiary/aromatic N) is 3. The van der Waals surface area contributed by atoms with Gasteiger partial charge in [0.2, 0.25) is 5.89 Å². The Kier molecular flexibility index (Phi) is 4.35. The largest absolute Gasteiger partial charge is 0.481 e. The zero-order chi connectivity index (χ0) is 15.5. The maximum absolute atomic E-state index is 11.5. The zero-order valence-electron chi connectivity index (χ0n) is 12.4. The highest BCUT2D eigenvalue weighted by atomic mass is 16.5. The molecule has 0 saturated carbocycles. The van der Waals surface area contributed by atoms with Gasteiger partial charge in [-0.3, -0.25) is 9.78 Å². The van der Waals surface area contributed by atoms with E-state index in [1.54, 1.807) is 19.3 Å². The second kappa shape index (κ2) is 6.03. The summed E-state index contributed by atoms with van der Waals surface area (Å²) in [6, 6.07) is 3.77. The van der Waals surface area contributed by atoms with Gasteiger partial charge < -0.3 is 9.63 Å². The fourth-order valence-electron chi connectivity index (χ4n) is 1.96. The van der Waals surface area contributed by atoms with Crippen molar-refractivity contribution in [1.29, 1.82) is 0 Å². The lowest BCUT2D eigenvalue weighted by molar-refractivity contribution is -0.150. The summed E-state index contributed by atoms with van der Waals surface area (Å²) < 4.78 is 5.19. The third kappa shape index (κ3) is 3.45. The van der Waals surface area contributed by atoms with Crippen molar-refractivity contribution in [3.8, 4) is 0 Å². The van der Waals surface area contributed by atoms with Crippen LogP contribution in [0.2, 0.25) is 0 Å². The Hall–Kier alpha value is -2.24. The predicted octanol–water partition coefficient (Wildman–Crippen LogP) is 2.34. The highest BCUT2D eigenvalue weighted by molar-refractivity contribution is 5.74. The van der Waals surface area contributed by atoms with Crippen LogP contribution in [0.15, 0.2) is 29.0 Å². The molecule has 0 aliphatic carbocycles. The molecule has 2 rings (SSSR count). The molecule has 0 aliphatic heterocycles. The zero-order valence-corrected chi connectivity index (χ0v) is 12.4. The minimum absolute atomic E-state index is 0.0383. The Morgan fingerprint density at radius 3 is 2.81 bits per heavy atom. The number of aromatic nitrogens is 3. The summed E-state index contributed by atoms with van der Waals surface area (Å²) >= 11 is 0. The lowest BCUT2D eigenvalue weighted by Crippen LogP contribution is -2.35. The van der Waals surface area contributed by atoms with Crippen LogP contribution in [0, 0.1) is 11.3 Å². The first-order chi connectivity index (χ1) is 9.91. The monoisotopic (exact) mass is 289 g/mol. The van der Waals surface area contributed by atoms with Crippen LogP contribution < -0.4 is 0 Å². The molecule has 0 saturated heterocycles. The Bertz CT molecular complexity index is 610. The number of rotatable bonds is 6. The molecular weight excluding hydrogens is 270 g/mol. The second-order valence-electron chi connectivity index (χ2n) is 5.70. The van der Waals surface area contributed by atoms with Gasteiger partial charge in [-0.25, -0.2) is 0 Å².